The molecule has 0 fully saturated rings. The van der Waals surface area contributed by atoms with Gasteiger partial charge in [-0.25, -0.2) is 14.6 Å². The maximum atomic E-state index is 8.72. The van der Waals surface area contributed by atoms with E-state index in [1.54, 1.807) is 0 Å². The normalized spacial score (nSPS) is 10.2. The van der Waals surface area contributed by atoms with Gasteiger partial charge in [-0.2, -0.15) is 5.10 Å². The van der Waals surface area contributed by atoms with Crippen LogP contribution >= 0.6 is 0 Å². The van der Waals surface area contributed by atoms with Crippen LogP contribution in [-0.4, -0.2) is 29.8 Å². The Bertz CT molecular complexity index is 368. The molecule has 6 nitrogen and oxygen atoms in total. The van der Waals surface area contributed by atoms with Gasteiger partial charge in [0.1, 0.15) is 12.7 Å². The van der Waals surface area contributed by atoms with Crippen LogP contribution in [0.4, 0.5) is 0 Å². The first-order chi connectivity index (χ1) is 6.40. The van der Waals surface area contributed by atoms with Gasteiger partial charge in [0.25, 0.3) is 0 Å². The lowest BCUT2D eigenvalue weighted by Gasteiger charge is -1.98. The highest BCUT2D eigenvalue weighted by molar-refractivity contribution is 5.15. The van der Waals surface area contributed by atoms with Gasteiger partial charge in [0.05, 0.1) is 24.7 Å². The minimum Gasteiger partial charge on any atom is -0.390 e. The molecule has 0 atom stereocenters. The Balaban J connectivity index is 2.33. The van der Waals surface area contributed by atoms with Crippen LogP contribution in [0.25, 0.3) is 5.82 Å². The van der Waals surface area contributed by atoms with Crippen LogP contribution in [0.3, 0.4) is 0 Å². The van der Waals surface area contributed by atoms with Crippen molar-refractivity contribution in [1.29, 1.82) is 0 Å². The minimum absolute atomic E-state index is 0.107. The number of hydrogen-bond acceptors (Lipinski definition) is 5. The van der Waals surface area contributed by atoms with Crippen LogP contribution in [0.15, 0.2) is 25.0 Å². The summed E-state index contributed by atoms with van der Waals surface area (Å²) in [5.74, 6) is 0.578. The molecule has 0 unspecified atom stereocenters. The van der Waals surface area contributed by atoms with E-state index in [0.717, 1.165) is 0 Å². The van der Waals surface area contributed by atoms with Crippen LogP contribution in [0.1, 0.15) is 5.69 Å². The zero-order chi connectivity index (χ0) is 9.10. The number of aliphatic hydroxyl groups excluding tert-OH is 1. The Morgan fingerprint density at radius 1 is 1.31 bits per heavy atom. The summed E-state index contributed by atoms with van der Waals surface area (Å²) in [4.78, 5) is 11.8. The molecule has 1 N–H and O–H groups in total. The van der Waals surface area contributed by atoms with E-state index >= 15 is 0 Å². The van der Waals surface area contributed by atoms with Crippen LogP contribution in [-0.2, 0) is 6.61 Å². The van der Waals surface area contributed by atoms with Gasteiger partial charge in [-0.3, -0.25) is 4.98 Å². The molecule has 66 valence electrons. The highest BCUT2D eigenvalue weighted by Crippen LogP contribution is 1.99. The molecule has 0 spiro atoms. The molecular weight excluding hydrogens is 170 g/mol. The summed E-state index contributed by atoms with van der Waals surface area (Å²) in [7, 11) is 0. The lowest BCUT2D eigenvalue weighted by atomic mass is 10.5. The second-order valence-electron chi connectivity index (χ2n) is 2.36. The number of aromatic nitrogens is 5. The first-order valence-corrected chi connectivity index (χ1v) is 3.67. The summed E-state index contributed by atoms with van der Waals surface area (Å²) in [5, 5.41) is 12.6. The van der Waals surface area contributed by atoms with Crippen LogP contribution in [0.5, 0.6) is 0 Å². The molecule has 0 aromatic carbocycles. The summed E-state index contributed by atoms with van der Waals surface area (Å²) < 4.78 is 1.49. The van der Waals surface area contributed by atoms with Gasteiger partial charge < -0.3 is 5.11 Å². The molecule has 0 aliphatic carbocycles. The average molecular weight is 177 g/mol. The van der Waals surface area contributed by atoms with E-state index in [0.29, 0.717) is 11.5 Å². The van der Waals surface area contributed by atoms with Crippen LogP contribution in [0, 0.1) is 0 Å². The number of aliphatic hydroxyl groups is 1. The summed E-state index contributed by atoms with van der Waals surface area (Å²) in [5.41, 5.74) is 0.531. The van der Waals surface area contributed by atoms with E-state index in [9.17, 15) is 0 Å². The van der Waals surface area contributed by atoms with Crippen LogP contribution < -0.4 is 0 Å². The Labute approximate surface area is 73.9 Å². The standard InChI is InChI=1S/C7H7N5O/c13-3-6-1-10-7(2-9-6)12-5-8-4-11-12/h1-2,4-5,13H,3H2. The Morgan fingerprint density at radius 3 is 2.77 bits per heavy atom. The van der Waals surface area contributed by atoms with Crippen LogP contribution in [0.2, 0.25) is 0 Å². The fourth-order valence-corrected chi connectivity index (χ4v) is 0.874. The van der Waals surface area contributed by atoms with Crippen molar-refractivity contribution in [2.75, 3.05) is 0 Å². The molecule has 0 amide bonds. The van der Waals surface area contributed by atoms with Crippen molar-refractivity contribution in [3.05, 3.63) is 30.7 Å². The van der Waals surface area contributed by atoms with Crippen molar-refractivity contribution < 1.29 is 5.11 Å². The highest BCUT2D eigenvalue weighted by Gasteiger charge is 1.98. The fourth-order valence-electron chi connectivity index (χ4n) is 0.874. The van der Waals surface area contributed by atoms with Crippen molar-refractivity contribution >= 4 is 0 Å². The lowest BCUT2D eigenvalue weighted by Crippen LogP contribution is -2.00. The second kappa shape index (κ2) is 3.28. The molecule has 0 saturated carbocycles. The number of hydrogen-bond donors (Lipinski definition) is 1. The number of rotatable bonds is 2. The topological polar surface area (TPSA) is 76.7 Å². The molecule has 6 heteroatoms. The molecule has 0 aliphatic rings. The molecule has 13 heavy (non-hydrogen) atoms. The predicted octanol–water partition coefficient (Wildman–Crippen LogP) is -0.450. The van der Waals surface area contributed by atoms with Gasteiger partial charge >= 0.3 is 0 Å². The second-order valence-corrected chi connectivity index (χ2v) is 2.36. The third-order valence-corrected chi connectivity index (χ3v) is 1.51. The maximum Gasteiger partial charge on any atom is 0.173 e. The summed E-state index contributed by atoms with van der Waals surface area (Å²) in [6, 6.07) is 0. The first-order valence-electron chi connectivity index (χ1n) is 3.67. The predicted molar refractivity (Wildman–Crippen MR) is 42.9 cm³/mol. The zero-order valence-corrected chi connectivity index (χ0v) is 6.70. The zero-order valence-electron chi connectivity index (χ0n) is 6.70. The van der Waals surface area contributed by atoms with Gasteiger partial charge in [0.15, 0.2) is 5.82 Å². The van der Waals surface area contributed by atoms with Crippen molar-refractivity contribution in [1.82, 2.24) is 24.7 Å². The largest absolute Gasteiger partial charge is 0.390 e. The molecule has 2 rings (SSSR count). The Kier molecular flexibility index (Phi) is 1.97. The van der Waals surface area contributed by atoms with Gasteiger partial charge in [-0.05, 0) is 0 Å². The highest BCUT2D eigenvalue weighted by atomic mass is 16.3. The molecule has 0 radical (unpaired) electrons. The monoisotopic (exact) mass is 177 g/mol. The van der Waals surface area contributed by atoms with E-state index in [-0.39, 0.29) is 6.61 Å². The van der Waals surface area contributed by atoms with Crippen molar-refractivity contribution in [2.24, 2.45) is 0 Å². The third-order valence-electron chi connectivity index (χ3n) is 1.51. The van der Waals surface area contributed by atoms with E-state index in [2.05, 4.69) is 20.1 Å². The van der Waals surface area contributed by atoms with E-state index in [1.165, 1.54) is 29.7 Å². The average Bonchev–Trinajstić information content (AvgIpc) is 2.71. The smallest absolute Gasteiger partial charge is 0.173 e. The van der Waals surface area contributed by atoms with Crippen molar-refractivity contribution in [2.45, 2.75) is 6.61 Å². The molecule has 2 aromatic rings. The SMILES string of the molecule is OCc1cnc(-n2cncn2)cn1. The van der Waals surface area contributed by atoms with Gasteiger partial charge in [0, 0.05) is 0 Å². The quantitative estimate of drug-likeness (QED) is 0.672. The summed E-state index contributed by atoms with van der Waals surface area (Å²) in [6.45, 7) is -0.107. The Morgan fingerprint density at radius 2 is 2.23 bits per heavy atom. The van der Waals surface area contributed by atoms with E-state index in [1.807, 2.05) is 0 Å². The number of nitrogens with zero attached hydrogens (tertiary/aromatic N) is 5. The van der Waals surface area contributed by atoms with E-state index in [4.69, 9.17) is 5.11 Å². The first kappa shape index (κ1) is 7.81. The summed E-state index contributed by atoms with van der Waals surface area (Å²) >= 11 is 0. The van der Waals surface area contributed by atoms with Gasteiger partial charge in [0.2, 0.25) is 0 Å². The van der Waals surface area contributed by atoms with Crippen molar-refractivity contribution in [3.63, 3.8) is 0 Å². The third kappa shape index (κ3) is 1.52. The van der Waals surface area contributed by atoms with Gasteiger partial charge in [-0.15, -0.1) is 0 Å². The van der Waals surface area contributed by atoms with Gasteiger partial charge in [-0.1, -0.05) is 0 Å². The fraction of sp³-hybridized carbons (Fsp3) is 0.143. The Hall–Kier alpha value is -1.82. The minimum atomic E-state index is -0.107. The molecule has 0 saturated heterocycles. The molecular formula is C7H7N5O. The molecule has 2 heterocycles. The summed E-state index contributed by atoms with van der Waals surface area (Å²) in [6.07, 6.45) is 5.97. The van der Waals surface area contributed by atoms with E-state index < -0.39 is 0 Å². The lowest BCUT2D eigenvalue weighted by molar-refractivity contribution is 0.276. The van der Waals surface area contributed by atoms with Crippen molar-refractivity contribution in [3.8, 4) is 5.82 Å². The maximum absolute atomic E-state index is 8.72. The molecule has 2 aromatic heterocycles. The molecule has 0 bridgehead atoms. The molecule has 0 aliphatic heterocycles.